The molecule has 0 atom stereocenters. The third-order valence-electron chi connectivity index (χ3n) is 12.0. The van der Waals surface area contributed by atoms with Gasteiger partial charge in [-0.2, -0.15) is 0 Å². The van der Waals surface area contributed by atoms with Gasteiger partial charge in [-0.15, -0.1) is 0 Å². The van der Waals surface area contributed by atoms with Crippen LogP contribution in [0.1, 0.15) is 25.0 Å². The van der Waals surface area contributed by atoms with Gasteiger partial charge in [-0.1, -0.05) is 135 Å². The lowest BCUT2D eigenvalue weighted by Gasteiger charge is -2.24. The van der Waals surface area contributed by atoms with Gasteiger partial charge in [0.1, 0.15) is 22.3 Å². The molecular formula is C51H32O2. The highest BCUT2D eigenvalue weighted by molar-refractivity contribution is 6.26. The Morgan fingerprint density at radius 1 is 0.377 bits per heavy atom. The zero-order chi connectivity index (χ0) is 35.0. The van der Waals surface area contributed by atoms with E-state index >= 15 is 0 Å². The lowest BCUT2D eigenvalue weighted by molar-refractivity contribution is 0.657. The second-order valence-corrected chi connectivity index (χ2v) is 15.2. The van der Waals surface area contributed by atoms with Gasteiger partial charge in [-0.3, -0.25) is 0 Å². The highest BCUT2D eigenvalue weighted by Crippen LogP contribution is 2.55. The van der Waals surface area contributed by atoms with Crippen LogP contribution < -0.4 is 0 Å². The molecule has 2 heteroatoms. The minimum Gasteiger partial charge on any atom is -0.456 e. The molecular weight excluding hydrogens is 645 g/mol. The summed E-state index contributed by atoms with van der Waals surface area (Å²) >= 11 is 0. The smallest absolute Gasteiger partial charge is 0.136 e. The van der Waals surface area contributed by atoms with E-state index in [-0.39, 0.29) is 5.41 Å². The van der Waals surface area contributed by atoms with Gasteiger partial charge in [-0.05, 0) is 113 Å². The van der Waals surface area contributed by atoms with Crippen molar-refractivity contribution in [3.63, 3.8) is 0 Å². The van der Waals surface area contributed by atoms with E-state index in [4.69, 9.17) is 8.83 Å². The molecule has 9 aromatic carbocycles. The summed E-state index contributed by atoms with van der Waals surface area (Å²) in [7, 11) is 0. The fourth-order valence-electron chi connectivity index (χ4n) is 9.73. The Morgan fingerprint density at radius 3 is 1.72 bits per heavy atom. The summed E-state index contributed by atoms with van der Waals surface area (Å²) in [6.45, 7) is 4.77. The van der Waals surface area contributed by atoms with Crippen molar-refractivity contribution in [3.05, 3.63) is 169 Å². The molecule has 0 radical (unpaired) electrons. The van der Waals surface area contributed by atoms with Crippen LogP contribution in [0.25, 0.3) is 110 Å². The second kappa shape index (κ2) is 10.2. The highest BCUT2D eigenvalue weighted by atomic mass is 16.3. The molecule has 53 heavy (non-hydrogen) atoms. The van der Waals surface area contributed by atoms with E-state index in [9.17, 15) is 0 Å². The molecule has 1 aliphatic carbocycles. The topological polar surface area (TPSA) is 26.3 Å². The average Bonchev–Trinajstić information content (AvgIpc) is 3.83. The zero-order valence-electron chi connectivity index (χ0n) is 29.3. The third kappa shape index (κ3) is 3.82. The van der Waals surface area contributed by atoms with Crippen molar-refractivity contribution >= 4 is 76.2 Å². The fraction of sp³-hybridized carbons (Fsp3) is 0.0588. The maximum atomic E-state index is 6.55. The summed E-state index contributed by atoms with van der Waals surface area (Å²) in [5.41, 5.74) is 13.7. The van der Waals surface area contributed by atoms with Crippen LogP contribution in [0, 0.1) is 0 Å². The summed E-state index contributed by atoms with van der Waals surface area (Å²) in [4.78, 5) is 0. The first-order valence-corrected chi connectivity index (χ1v) is 18.4. The van der Waals surface area contributed by atoms with Crippen LogP contribution in [0.4, 0.5) is 0 Å². The molecule has 1 aliphatic rings. The van der Waals surface area contributed by atoms with Crippen molar-refractivity contribution in [1.82, 2.24) is 0 Å². The van der Waals surface area contributed by atoms with Gasteiger partial charge >= 0.3 is 0 Å². The summed E-state index contributed by atoms with van der Waals surface area (Å²) in [5.74, 6) is 0. The van der Waals surface area contributed by atoms with Crippen molar-refractivity contribution < 1.29 is 8.83 Å². The first-order valence-electron chi connectivity index (χ1n) is 18.4. The van der Waals surface area contributed by atoms with E-state index < -0.39 is 0 Å². The Kier molecular flexibility index (Phi) is 5.60. The Labute approximate surface area is 305 Å². The van der Waals surface area contributed by atoms with Crippen LogP contribution in [0.2, 0.25) is 0 Å². The number of rotatable bonds is 2. The van der Waals surface area contributed by atoms with Crippen molar-refractivity contribution in [3.8, 4) is 33.4 Å². The van der Waals surface area contributed by atoms with E-state index in [0.717, 1.165) is 33.1 Å². The molecule has 0 amide bonds. The Balaban J connectivity index is 1.11. The fourth-order valence-corrected chi connectivity index (χ4v) is 9.73. The second-order valence-electron chi connectivity index (χ2n) is 15.2. The van der Waals surface area contributed by atoms with Crippen LogP contribution in [0.5, 0.6) is 0 Å². The van der Waals surface area contributed by atoms with Crippen LogP contribution in [-0.4, -0.2) is 0 Å². The third-order valence-corrected chi connectivity index (χ3v) is 12.0. The molecule has 0 saturated heterocycles. The standard InChI is InChI=1S/C51H32O2/c1-51(2)41-27-31(22-23-32(41)37-24-25-44-49(50(37)51)40-26-29-12-3-4-13-30(29)28-45(40)53-44)46-33-14-5-7-16-35(33)47(36-17-8-6-15-34(36)46)39-19-11-21-43-48(39)38-18-9-10-20-42(38)52-43/h3-28H,1-2H3. The molecule has 0 unspecified atom stereocenters. The number of fused-ring (bicyclic) bond motifs is 13. The van der Waals surface area contributed by atoms with E-state index in [2.05, 4.69) is 166 Å². The maximum absolute atomic E-state index is 6.55. The molecule has 0 aliphatic heterocycles. The average molecular weight is 677 g/mol. The largest absolute Gasteiger partial charge is 0.456 e. The summed E-state index contributed by atoms with van der Waals surface area (Å²) in [5, 5.41) is 12.1. The van der Waals surface area contributed by atoms with Crippen molar-refractivity contribution in [2.45, 2.75) is 19.3 Å². The predicted octanol–water partition coefficient (Wildman–Crippen LogP) is 14.6. The molecule has 2 aromatic heterocycles. The monoisotopic (exact) mass is 676 g/mol. The van der Waals surface area contributed by atoms with Gasteiger partial charge in [0.2, 0.25) is 0 Å². The number of hydrogen-bond donors (Lipinski definition) is 0. The molecule has 0 fully saturated rings. The van der Waals surface area contributed by atoms with Crippen LogP contribution in [0.3, 0.4) is 0 Å². The first kappa shape index (κ1) is 29.0. The molecule has 2 heterocycles. The molecule has 0 N–H and O–H groups in total. The molecule has 2 nitrogen and oxygen atoms in total. The van der Waals surface area contributed by atoms with Crippen LogP contribution in [-0.2, 0) is 5.41 Å². The number of benzene rings is 9. The van der Waals surface area contributed by atoms with Gasteiger partial charge in [0.15, 0.2) is 0 Å². The highest BCUT2D eigenvalue weighted by Gasteiger charge is 2.38. The van der Waals surface area contributed by atoms with E-state index in [1.54, 1.807) is 0 Å². The molecule has 0 saturated carbocycles. The molecule has 12 rings (SSSR count). The van der Waals surface area contributed by atoms with E-state index in [1.807, 2.05) is 6.07 Å². The SMILES string of the molecule is CC1(C)c2cc(-c3c4ccccc4c(-c4cccc5oc6ccccc6c45)c4ccccc34)ccc2-c2ccc3oc4cc5ccccc5cc4c3c21. The Hall–Kier alpha value is -6.64. The lowest BCUT2D eigenvalue weighted by Crippen LogP contribution is -2.15. The van der Waals surface area contributed by atoms with Gasteiger partial charge in [-0.25, -0.2) is 0 Å². The minimum atomic E-state index is -0.244. The normalized spacial score (nSPS) is 13.6. The van der Waals surface area contributed by atoms with Gasteiger partial charge in [0, 0.05) is 27.0 Å². The van der Waals surface area contributed by atoms with Crippen molar-refractivity contribution in [1.29, 1.82) is 0 Å². The van der Waals surface area contributed by atoms with E-state index in [1.165, 1.54) is 87.6 Å². The minimum absolute atomic E-state index is 0.244. The number of hydrogen-bond acceptors (Lipinski definition) is 2. The molecule has 0 bridgehead atoms. The molecule has 248 valence electrons. The quantitative estimate of drug-likeness (QED) is 0.170. The Bertz CT molecular complexity index is 3310. The number of furan rings is 2. The lowest BCUT2D eigenvalue weighted by atomic mass is 9.79. The van der Waals surface area contributed by atoms with Gasteiger partial charge in [0.25, 0.3) is 0 Å². The first-order chi connectivity index (χ1) is 26.0. The van der Waals surface area contributed by atoms with Crippen molar-refractivity contribution in [2.75, 3.05) is 0 Å². The van der Waals surface area contributed by atoms with Crippen molar-refractivity contribution in [2.24, 2.45) is 0 Å². The summed E-state index contributed by atoms with van der Waals surface area (Å²) < 4.78 is 12.9. The summed E-state index contributed by atoms with van der Waals surface area (Å²) in [6.07, 6.45) is 0. The predicted molar refractivity (Wildman–Crippen MR) is 222 cm³/mol. The zero-order valence-corrected chi connectivity index (χ0v) is 29.3. The molecule has 0 spiro atoms. The van der Waals surface area contributed by atoms with Gasteiger partial charge in [0.05, 0.1) is 0 Å². The van der Waals surface area contributed by atoms with Crippen LogP contribution >= 0.6 is 0 Å². The number of para-hydroxylation sites is 1. The Morgan fingerprint density at radius 2 is 0.962 bits per heavy atom. The molecule has 11 aromatic rings. The summed E-state index contributed by atoms with van der Waals surface area (Å²) in [6, 6.07) is 57.4. The van der Waals surface area contributed by atoms with Crippen LogP contribution in [0.15, 0.2) is 167 Å². The van der Waals surface area contributed by atoms with E-state index in [0.29, 0.717) is 0 Å². The maximum Gasteiger partial charge on any atom is 0.136 e. The van der Waals surface area contributed by atoms with Gasteiger partial charge < -0.3 is 8.83 Å².